The van der Waals surface area contributed by atoms with Crippen molar-refractivity contribution in [1.29, 1.82) is 0 Å². The fourth-order valence-electron chi connectivity index (χ4n) is 1.84. The Labute approximate surface area is 108 Å². The Morgan fingerprint density at radius 3 is 2.72 bits per heavy atom. The Morgan fingerprint density at radius 1 is 1.44 bits per heavy atom. The number of nitrogens with one attached hydrogen (secondary N) is 1. The maximum Gasteiger partial charge on any atom is 0.228 e. The zero-order chi connectivity index (χ0) is 13.5. The summed E-state index contributed by atoms with van der Waals surface area (Å²) in [6.07, 6.45) is 2.53. The summed E-state index contributed by atoms with van der Waals surface area (Å²) < 4.78 is 0. The van der Waals surface area contributed by atoms with Crippen LogP contribution in [-0.2, 0) is 11.2 Å². The van der Waals surface area contributed by atoms with E-state index in [2.05, 4.69) is 5.32 Å². The number of aromatic hydroxyl groups is 1. The summed E-state index contributed by atoms with van der Waals surface area (Å²) in [5, 5.41) is 12.5. The average molecular weight is 250 g/mol. The molecule has 0 aliphatic rings. The summed E-state index contributed by atoms with van der Waals surface area (Å²) in [5.41, 5.74) is 7.12. The van der Waals surface area contributed by atoms with Gasteiger partial charge in [0.25, 0.3) is 0 Å². The standard InChI is InChI=1S/C14H22N2O2/c1-3-5-11(9-15)14(18)16-12-8-10(4-2)6-7-13(12)17/h6-8,11,17H,3-5,9,15H2,1-2H3,(H,16,18). The first-order chi connectivity index (χ1) is 8.62. The number of phenolic OH excluding ortho intramolecular Hbond substituents is 1. The highest BCUT2D eigenvalue weighted by atomic mass is 16.3. The van der Waals surface area contributed by atoms with Crippen molar-refractivity contribution in [3.8, 4) is 5.75 Å². The predicted octanol–water partition coefficient (Wildman–Crippen LogP) is 2.27. The van der Waals surface area contributed by atoms with E-state index in [1.165, 1.54) is 0 Å². The third kappa shape index (κ3) is 3.74. The Balaban J connectivity index is 2.79. The van der Waals surface area contributed by atoms with Crippen LogP contribution >= 0.6 is 0 Å². The molecule has 1 rings (SSSR count). The van der Waals surface area contributed by atoms with E-state index < -0.39 is 0 Å². The lowest BCUT2D eigenvalue weighted by Gasteiger charge is -2.15. The molecule has 0 saturated carbocycles. The van der Waals surface area contributed by atoms with Gasteiger partial charge in [-0.05, 0) is 30.5 Å². The first kappa shape index (κ1) is 14.5. The molecule has 0 fully saturated rings. The van der Waals surface area contributed by atoms with Gasteiger partial charge in [0, 0.05) is 6.54 Å². The van der Waals surface area contributed by atoms with E-state index in [1.807, 2.05) is 19.9 Å². The number of aryl methyl sites for hydroxylation is 1. The normalized spacial score (nSPS) is 12.2. The summed E-state index contributed by atoms with van der Waals surface area (Å²) in [6, 6.07) is 5.25. The van der Waals surface area contributed by atoms with Crippen molar-refractivity contribution in [2.75, 3.05) is 11.9 Å². The zero-order valence-corrected chi connectivity index (χ0v) is 11.1. The van der Waals surface area contributed by atoms with Crippen LogP contribution in [0.4, 0.5) is 5.69 Å². The molecule has 4 heteroatoms. The van der Waals surface area contributed by atoms with Crippen molar-refractivity contribution in [3.05, 3.63) is 23.8 Å². The lowest BCUT2D eigenvalue weighted by molar-refractivity contribution is -0.119. The van der Waals surface area contributed by atoms with Crippen LogP contribution in [0.5, 0.6) is 5.75 Å². The largest absolute Gasteiger partial charge is 0.506 e. The Morgan fingerprint density at radius 2 is 2.17 bits per heavy atom. The van der Waals surface area contributed by atoms with E-state index in [1.54, 1.807) is 12.1 Å². The predicted molar refractivity (Wildman–Crippen MR) is 73.6 cm³/mol. The summed E-state index contributed by atoms with van der Waals surface area (Å²) in [4.78, 5) is 12.0. The fourth-order valence-corrected chi connectivity index (χ4v) is 1.84. The van der Waals surface area contributed by atoms with Crippen molar-refractivity contribution in [1.82, 2.24) is 0 Å². The van der Waals surface area contributed by atoms with Crippen molar-refractivity contribution < 1.29 is 9.90 Å². The molecular formula is C14H22N2O2. The van der Waals surface area contributed by atoms with Gasteiger partial charge in [-0.1, -0.05) is 26.3 Å². The number of rotatable bonds is 6. The molecule has 0 aliphatic carbocycles. The molecule has 1 atom stereocenters. The second-order valence-electron chi connectivity index (χ2n) is 4.42. The van der Waals surface area contributed by atoms with Crippen LogP contribution in [0.3, 0.4) is 0 Å². The highest BCUT2D eigenvalue weighted by Gasteiger charge is 2.17. The maximum absolute atomic E-state index is 12.0. The molecule has 0 bridgehead atoms. The van der Waals surface area contributed by atoms with Gasteiger partial charge >= 0.3 is 0 Å². The molecule has 18 heavy (non-hydrogen) atoms. The molecule has 1 aromatic rings. The number of hydrogen-bond acceptors (Lipinski definition) is 3. The van der Waals surface area contributed by atoms with Crippen LogP contribution in [0.2, 0.25) is 0 Å². The monoisotopic (exact) mass is 250 g/mol. The van der Waals surface area contributed by atoms with E-state index in [-0.39, 0.29) is 17.6 Å². The lowest BCUT2D eigenvalue weighted by Crippen LogP contribution is -2.29. The molecule has 0 aliphatic heterocycles. The minimum atomic E-state index is -0.195. The molecule has 0 saturated heterocycles. The fraction of sp³-hybridized carbons (Fsp3) is 0.500. The average Bonchev–Trinajstić information content (AvgIpc) is 2.38. The number of carbonyl (C=O) groups excluding carboxylic acids is 1. The van der Waals surface area contributed by atoms with Crippen molar-refractivity contribution in [2.45, 2.75) is 33.1 Å². The molecule has 0 heterocycles. The van der Waals surface area contributed by atoms with Gasteiger partial charge in [-0.15, -0.1) is 0 Å². The number of hydrogen-bond donors (Lipinski definition) is 3. The highest BCUT2D eigenvalue weighted by Crippen LogP contribution is 2.25. The molecule has 0 spiro atoms. The zero-order valence-electron chi connectivity index (χ0n) is 11.1. The molecule has 4 N–H and O–H groups in total. The van der Waals surface area contributed by atoms with Gasteiger partial charge in [-0.3, -0.25) is 4.79 Å². The molecular weight excluding hydrogens is 228 g/mol. The molecule has 0 aromatic heterocycles. The van der Waals surface area contributed by atoms with E-state index in [0.717, 1.165) is 24.8 Å². The number of anilines is 1. The van der Waals surface area contributed by atoms with Crippen molar-refractivity contribution in [2.24, 2.45) is 11.7 Å². The minimum absolute atomic E-state index is 0.0906. The lowest BCUT2D eigenvalue weighted by atomic mass is 10.0. The minimum Gasteiger partial charge on any atom is -0.506 e. The highest BCUT2D eigenvalue weighted by molar-refractivity contribution is 5.94. The number of benzene rings is 1. The van der Waals surface area contributed by atoms with Gasteiger partial charge in [0.1, 0.15) is 5.75 Å². The maximum atomic E-state index is 12.0. The second kappa shape index (κ2) is 7.01. The topological polar surface area (TPSA) is 75.4 Å². The number of phenols is 1. The second-order valence-corrected chi connectivity index (χ2v) is 4.42. The SMILES string of the molecule is CCCC(CN)C(=O)Nc1cc(CC)ccc1O. The first-order valence-corrected chi connectivity index (χ1v) is 6.45. The van der Waals surface area contributed by atoms with Gasteiger partial charge in [0.05, 0.1) is 11.6 Å². The van der Waals surface area contributed by atoms with E-state index in [9.17, 15) is 9.90 Å². The van der Waals surface area contributed by atoms with E-state index in [0.29, 0.717) is 12.2 Å². The van der Waals surface area contributed by atoms with Crippen LogP contribution < -0.4 is 11.1 Å². The van der Waals surface area contributed by atoms with Gasteiger partial charge in [0.2, 0.25) is 5.91 Å². The van der Waals surface area contributed by atoms with Crippen LogP contribution in [0, 0.1) is 5.92 Å². The van der Waals surface area contributed by atoms with Gasteiger partial charge in [-0.2, -0.15) is 0 Å². The molecule has 4 nitrogen and oxygen atoms in total. The quantitative estimate of drug-likeness (QED) is 0.678. The van der Waals surface area contributed by atoms with Crippen molar-refractivity contribution >= 4 is 11.6 Å². The Hall–Kier alpha value is -1.55. The number of nitrogens with two attached hydrogens (primary N) is 1. The van der Waals surface area contributed by atoms with Crippen molar-refractivity contribution in [3.63, 3.8) is 0 Å². The Bertz CT molecular complexity index is 405. The molecule has 0 radical (unpaired) electrons. The number of carbonyl (C=O) groups is 1. The molecule has 1 unspecified atom stereocenters. The van der Waals surface area contributed by atoms with Crippen LogP contribution in [0.1, 0.15) is 32.3 Å². The molecule has 1 amide bonds. The number of amides is 1. The van der Waals surface area contributed by atoms with Gasteiger partial charge in [0.15, 0.2) is 0 Å². The first-order valence-electron chi connectivity index (χ1n) is 6.45. The Kier molecular flexibility index (Phi) is 5.65. The summed E-state index contributed by atoms with van der Waals surface area (Å²) >= 11 is 0. The summed E-state index contributed by atoms with van der Waals surface area (Å²) in [7, 11) is 0. The molecule has 1 aromatic carbocycles. The van der Waals surface area contributed by atoms with E-state index >= 15 is 0 Å². The van der Waals surface area contributed by atoms with Gasteiger partial charge < -0.3 is 16.2 Å². The van der Waals surface area contributed by atoms with Gasteiger partial charge in [-0.25, -0.2) is 0 Å². The molecule has 100 valence electrons. The third-order valence-electron chi connectivity index (χ3n) is 3.02. The van der Waals surface area contributed by atoms with Crippen LogP contribution in [-0.4, -0.2) is 17.6 Å². The smallest absolute Gasteiger partial charge is 0.228 e. The van der Waals surface area contributed by atoms with Crippen LogP contribution in [0.15, 0.2) is 18.2 Å². The third-order valence-corrected chi connectivity index (χ3v) is 3.02. The van der Waals surface area contributed by atoms with E-state index in [4.69, 9.17) is 5.73 Å². The van der Waals surface area contributed by atoms with Crippen LogP contribution in [0.25, 0.3) is 0 Å². The summed E-state index contributed by atoms with van der Waals surface area (Å²) in [6.45, 7) is 4.37. The summed E-state index contributed by atoms with van der Waals surface area (Å²) in [5.74, 6) is -0.226.